The minimum atomic E-state index is -0.588. The molecule has 0 bridgehead atoms. The summed E-state index contributed by atoms with van der Waals surface area (Å²) < 4.78 is 18.5. The molecular formula is C19H21FN2O3. The molecule has 2 heterocycles. The SMILES string of the molecule is Cc1nc2cc(F)ccc2cc1C(=O)OCC(=O)N1CCCC(C)C1. The van der Waals surface area contributed by atoms with Gasteiger partial charge < -0.3 is 9.64 Å². The van der Waals surface area contributed by atoms with Gasteiger partial charge in [-0.2, -0.15) is 0 Å². The Morgan fingerprint density at radius 1 is 1.36 bits per heavy atom. The highest BCUT2D eigenvalue weighted by molar-refractivity contribution is 5.96. The fraction of sp³-hybridized carbons (Fsp3) is 0.421. The number of ether oxygens (including phenoxy) is 1. The number of nitrogens with zero attached hydrogens (tertiary/aromatic N) is 2. The summed E-state index contributed by atoms with van der Waals surface area (Å²) in [6.45, 7) is 4.92. The maximum atomic E-state index is 13.3. The number of aryl methyl sites for hydroxylation is 1. The number of carbonyl (C=O) groups is 2. The third kappa shape index (κ3) is 3.95. The van der Waals surface area contributed by atoms with Crippen molar-refractivity contribution in [3.8, 4) is 0 Å². The number of fused-ring (bicyclic) bond motifs is 1. The van der Waals surface area contributed by atoms with Crippen LogP contribution in [0.1, 0.15) is 35.8 Å². The lowest BCUT2D eigenvalue weighted by Crippen LogP contribution is -2.41. The van der Waals surface area contributed by atoms with E-state index in [-0.39, 0.29) is 18.3 Å². The second kappa shape index (κ2) is 7.17. The van der Waals surface area contributed by atoms with Gasteiger partial charge in [-0.25, -0.2) is 9.18 Å². The summed E-state index contributed by atoms with van der Waals surface area (Å²) in [5.41, 5.74) is 1.22. The van der Waals surface area contributed by atoms with Gasteiger partial charge in [0.25, 0.3) is 5.91 Å². The second-order valence-electron chi connectivity index (χ2n) is 6.62. The maximum Gasteiger partial charge on any atom is 0.340 e. The van der Waals surface area contributed by atoms with Gasteiger partial charge in [0.05, 0.1) is 16.8 Å². The first-order valence-electron chi connectivity index (χ1n) is 8.46. The predicted octanol–water partition coefficient (Wildman–Crippen LogP) is 3.10. The summed E-state index contributed by atoms with van der Waals surface area (Å²) in [6.07, 6.45) is 2.09. The minimum absolute atomic E-state index is 0.173. The highest BCUT2D eigenvalue weighted by atomic mass is 19.1. The van der Waals surface area contributed by atoms with E-state index in [2.05, 4.69) is 11.9 Å². The van der Waals surface area contributed by atoms with Gasteiger partial charge >= 0.3 is 5.97 Å². The number of amides is 1. The molecule has 6 heteroatoms. The smallest absolute Gasteiger partial charge is 0.340 e. The third-order valence-electron chi connectivity index (χ3n) is 4.53. The number of hydrogen-bond donors (Lipinski definition) is 0. The van der Waals surface area contributed by atoms with Crippen LogP contribution in [0.15, 0.2) is 24.3 Å². The molecule has 1 aliphatic heterocycles. The number of pyridine rings is 1. The Morgan fingerprint density at radius 2 is 2.16 bits per heavy atom. The van der Waals surface area contributed by atoms with Crippen LogP contribution < -0.4 is 0 Å². The first-order chi connectivity index (χ1) is 11.9. The van der Waals surface area contributed by atoms with Crippen LogP contribution in [0, 0.1) is 18.7 Å². The Kier molecular flexibility index (Phi) is 4.97. The zero-order valence-corrected chi connectivity index (χ0v) is 14.4. The highest BCUT2D eigenvalue weighted by Gasteiger charge is 2.22. The van der Waals surface area contributed by atoms with E-state index in [1.165, 1.54) is 12.1 Å². The molecule has 0 N–H and O–H groups in total. The van der Waals surface area contributed by atoms with Gasteiger partial charge in [-0.1, -0.05) is 6.92 Å². The van der Waals surface area contributed by atoms with Crippen LogP contribution >= 0.6 is 0 Å². The molecule has 3 rings (SSSR count). The quantitative estimate of drug-likeness (QED) is 0.803. The first kappa shape index (κ1) is 17.3. The van der Waals surface area contributed by atoms with Crippen molar-refractivity contribution in [2.24, 2.45) is 5.92 Å². The van der Waals surface area contributed by atoms with Gasteiger partial charge in [0, 0.05) is 24.5 Å². The summed E-state index contributed by atoms with van der Waals surface area (Å²) in [7, 11) is 0. The zero-order valence-electron chi connectivity index (χ0n) is 14.4. The summed E-state index contributed by atoms with van der Waals surface area (Å²) >= 11 is 0. The lowest BCUT2D eigenvalue weighted by atomic mass is 10.0. The maximum absolute atomic E-state index is 13.3. The van der Waals surface area contributed by atoms with Gasteiger partial charge in [-0.3, -0.25) is 9.78 Å². The van der Waals surface area contributed by atoms with E-state index in [4.69, 9.17) is 4.74 Å². The highest BCUT2D eigenvalue weighted by Crippen LogP contribution is 2.19. The van der Waals surface area contributed by atoms with Crippen LogP contribution in [0.2, 0.25) is 0 Å². The van der Waals surface area contributed by atoms with E-state index in [1.54, 1.807) is 24.0 Å². The van der Waals surface area contributed by atoms with E-state index in [0.29, 0.717) is 41.2 Å². The molecule has 1 aromatic heterocycles. The molecule has 1 fully saturated rings. The van der Waals surface area contributed by atoms with Crippen molar-refractivity contribution in [2.75, 3.05) is 19.7 Å². The number of hydrogen-bond acceptors (Lipinski definition) is 4. The Balaban J connectivity index is 1.68. The lowest BCUT2D eigenvalue weighted by molar-refractivity contribution is -0.136. The molecule has 0 saturated carbocycles. The minimum Gasteiger partial charge on any atom is -0.452 e. The fourth-order valence-corrected chi connectivity index (χ4v) is 3.16. The Bertz CT molecular complexity index is 822. The van der Waals surface area contributed by atoms with Gasteiger partial charge in [0.2, 0.25) is 0 Å². The Hall–Kier alpha value is -2.50. The molecule has 0 aliphatic carbocycles. The van der Waals surface area contributed by atoms with Crippen molar-refractivity contribution in [3.63, 3.8) is 0 Å². The molecule has 1 unspecified atom stereocenters. The monoisotopic (exact) mass is 344 g/mol. The molecule has 1 amide bonds. The van der Waals surface area contributed by atoms with E-state index in [0.717, 1.165) is 12.8 Å². The molecule has 5 nitrogen and oxygen atoms in total. The van der Waals surface area contributed by atoms with Crippen LogP contribution in [0.3, 0.4) is 0 Å². The van der Waals surface area contributed by atoms with Crippen molar-refractivity contribution in [1.29, 1.82) is 0 Å². The Labute approximate surface area is 145 Å². The van der Waals surface area contributed by atoms with Crippen LogP contribution in [0.4, 0.5) is 4.39 Å². The molecule has 25 heavy (non-hydrogen) atoms. The van der Waals surface area contributed by atoms with Crippen molar-refractivity contribution in [3.05, 3.63) is 41.3 Å². The standard InChI is InChI=1S/C19H21FN2O3/c1-12-4-3-7-22(10-12)18(23)11-25-19(24)16-8-14-5-6-15(20)9-17(14)21-13(16)2/h5-6,8-9,12H,3-4,7,10-11H2,1-2H3. The predicted molar refractivity (Wildman–Crippen MR) is 91.7 cm³/mol. The zero-order chi connectivity index (χ0) is 18.0. The van der Waals surface area contributed by atoms with E-state index >= 15 is 0 Å². The normalized spacial score (nSPS) is 17.6. The molecule has 1 atom stereocenters. The molecule has 1 aliphatic rings. The van der Waals surface area contributed by atoms with Crippen molar-refractivity contribution in [2.45, 2.75) is 26.7 Å². The number of carbonyl (C=O) groups excluding carboxylic acids is 2. The molecule has 0 radical (unpaired) electrons. The molecule has 132 valence electrons. The fourth-order valence-electron chi connectivity index (χ4n) is 3.16. The van der Waals surface area contributed by atoms with Crippen LogP contribution in [-0.2, 0) is 9.53 Å². The molecule has 2 aromatic rings. The van der Waals surface area contributed by atoms with Crippen LogP contribution in [-0.4, -0.2) is 41.5 Å². The van der Waals surface area contributed by atoms with Crippen LogP contribution in [0.25, 0.3) is 10.9 Å². The number of likely N-dealkylation sites (tertiary alicyclic amines) is 1. The molecule has 1 aromatic carbocycles. The van der Waals surface area contributed by atoms with Gasteiger partial charge in [0.15, 0.2) is 6.61 Å². The number of esters is 1. The van der Waals surface area contributed by atoms with Gasteiger partial charge in [-0.05, 0) is 43.9 Å². The van der Waals surface area contributed by atoms with E-state index in [1.807, 2.05) is 0 Å². The first-order valence-corrected chi connectivity index (χ1v) is 8.46. The topological polar surface area (TPSA) is 59.5 Å². The van der Waals surface area contributed by atoms with Crippen molar-refractivity contribution >= 4 is 22.8 Å². The average Bonchev–Trinajstić information content (AvgIpc) is 2.58. The Morgan fingerprint density at radius 3 is 2.92 bits per heavy atom. The lowest BCUT2D eigenvalue weighted by Gasteiger charge is -2.30. The van der Waals surface area contributed by atoms with E-state index in [9.17, 15) is 14.0 Å². The molecular weight excluding hydrogens is 323 g/mol. The van der Waals surface area contributed by atoms with Gasteiger partial charge in [0.1, 0.15) is 5.82 Å². The number of rotatable bonds is 3. The molecule has 1 saturated heterocycles. The average molecular weight is 344 g/mol. The van der Waals surface area contributed by atoms with Gasteiger partial charge in [-0.15, -0.1) is 0 Å². The number of aromatic nitrogens is 1. The summed E-state index contributed by atoms with van der Waals surface area (Å²) in [4.78, 5) is 30.5. The number of halogens is 1. The van der Waals surface area contributed by atoms with Crippen molar-refractivity contribution in [1.82, 2.24) is 9.88 Å². The summed E-state index contributed by atoms with van der Waals surface area (Å²) in [5.74, 6) is -0.667. The summed E-state index contributed by atoms with van der Waals surface area (Å²) in [5, 5.41) is 0.648. The number of benzene rings is 1. The van der Waals surface area contributed by atoms with Crippen LogP contribution in [0.5, 0.6) is 0 Å². The summed E-state index contributed by atoms with van der Waals surface area (Å²) in [6, 6.07) is 5.81. The number of piperidine rings is 1. The largest absolute Gasteiger partial charge is 0.452 e. The van der Waals surface area contributed by atoms with E-state index < -0.39 is 5.97 Å². The third-order valence-corrected chi connectivity index (χ3v) is 4.53. The molecule has 0 spiro atoms. The van der Waals surface area contributed by atoms with Crippen molar-refractivity contribution < 1.29 is 18.7 Å². The second-order valence-corrected chi connectivity index (χ2v) is 6.62.